The van der Waals surface area contributed by atoms with Gasteiger partial charge >= 0.3 is 19.8 Å². The summed E-state index contributed by atoms with van der Waals surface area (Å²) in [5, 5.41) is 17.4. The van der Waals surface area contributed by atoms with Crippen molar-refractivity contribution in [2.24, 2.45) is 11.8 Å². The Morgan fingerprint density at radius 3 is 1.29 bits per heavy atom. The molecule has 0 aromatic heterocycles. The number of carbonyl (C=O) groups is 2. The van der Waals surface area contributed by atoms with Crippen molar-refractivity contribution < 1.29 is 39.0 Å². The molecule has 0 aliphatic heterocycles. The molecule has 1 saturated carbocycles. The van der Waals surface area contributed by atoms with Gasteiger partial charge in [0.25, 0.3) is 0 Å². The molecule has 0 spiro atoms. The third kappa shape index (κ3) is 7.87. The number of hydrogen-bond donors (Lipinski definition) is 5. The molecule has 1 aliphatic rings. The van der Waals surface area contributed by atoms with Gasteiger partial charge in [-0.1, -0.05) is 12.8 Å². The lowest BCUT2D eigenvalue weighted by Crippen LogP contribution is -2.32. The van der Waals surface area contributed by atoms with Crippen LogP contribution >= 0.6 is 7.82 Å². The molecule has 0 saturated heterocycles. The van der Waals surface area contributed by atoms with E-state index in [1.165, 1.54) is 0 Å². The van der Waals surface area contributed by atoms with E-state index < -0.39 is 31.6 Å². The summed E-state index contributed by atoms with van der Waals surface area (Å²) in [6.07, 6.45) is 2.68. The molecule has 2 atom stereocenters. The standard InChI is InChI=1S/C8H12O4.H3O4P/c9-7(10)5-3-1-2-4-6(5)8(11)12;1-5(2,3)4/h5-6H,1-4H2,(H,9,10)(H,11,12);(H3,1,2,3,4). The molecule has 5 N–H and O–H groups in total. The van der Waals surface area contributed by atoms with E-state index >= 15 is 0 Å². The minimum Gasteiger partial charge on any atom is -0.481 e. The molecule has 0 bridgehead atoms. The normalized spacial score (nSPS) is 24.4. The smallest absolute Gasteiger partial charge is 0.466 e. The molecular weight excluding hydrogens is 255 g/mol. The zero-order valence-electron chi connectivity index (χ0n) is 8.89. The van der Waals surface area contributed by atoms with E-state index in [9.17, 15) is 9.59 Å². The predicted octanol–water partition coefficient (Wildman–Crippen LogP) is 0.0334. The van der Waals surface area contributed by atoms with Crippen LogP contribution in [0.5, 0.6) is 0 Å². The topological polar surface area (TPSA) is 152 Å². The van der Waals surface area contributed by atoms with E-state index in [1.54, 1.807) is 0 Å². The number of carboxylic acid groups (broad SMARTS) is 2. The zero-order valence-corrected chi connectivity index (χ0v) is 9.79. The van der Waals surface area contributed by atoms with Crippen LogP contribution in [0.4, 0.5) is 0 Å². The second kappa shape index (κ2) is 6.70. The second-order valence-corrected chi connectivity index (χ2v) is 4.71. The van der Waals surface area contributed by atoms with Crippen LogP contribution in [-0.4, -0.2) is 36.8 Å². The van der Waals surface area contributed by atoms with Crippen molar-refractivity contribution in [1.82, 2.24) is 0 Å². The predicted molar refractivity (Wildman–Crippen MR) is 55.0 cm³/mol. The lowest BCUT2D eigenvalue weighted by Gasteiger charge is -2.24. The van der Waals surface area contributed by atoms with Gasteiger partial charge in [0.15, 0.2) is 0 Å². The highest BCUT2D eigenvalue weighted by Crippen LogP contribution is 2.30. The lowest BCUT2D eigenvalue weighted by atomic mass is 9.79. The van der Waals surface area contributed by atoms with E-state index in [0.29, 0.717) is 12.8 Å². The van der Waals surface area contributed by atoms with Crippen molar-refractivity contribution in [2.75, 3.05) is 0 Å². The van der Waals surface area contributed by atoms with Crippen LogP contribution in [0.1, 0.15) is 25.7 Å². The molecule has 1 aliphatic carbocycles. The average molecular weight is 270 g/mol. The highest BCUT2D eigenvalue weighted by atomic mass is 31.2. The molecule has 8 nitrogen and oxygen atoms in total. The van der Waals surface area contributed by atoms with E-state index in [2.05, 4.69) is 0 Å². The molecule has 0 radical (unpaired) electrons. The summed E-state index contributed by atoms with van der Waals surface area (Å²) in [6.45, 7) is 0. The lowest BCUT2D eigenvalue weighted by molar-refractivity contribution is -0.155. The molecular formula is C8H15O8P. The minimum absolute atomic E-state index is 0.506. The number of carboxylic acids is 2. The number of phosphoric acid groups is 1. The molecule has 0 aromatic rings. The first-order valence-corrected chi connectivity index (χ1v) is 6.43. The van der Waals surface area contributed by atoms with Gasteiger partial charge in [-0.2, -0.15) is 0 Å². The summed E-state index contributed by atoms with van der Waals surface area (Å²) in [5.74, 6) is -3.28. The maximum Gasteiger partial charge on any atom is 0.466 e. The van der Waals surface area contributed by atoms with E-state index in [0.717, 1.165) is 12.8 Å². The number of aliphatic carboxylic acids is 2. The Balaban J connectivity index is 0.000000437. The Morgan fingerprint density at radius 1 is 0.882 bits per heavy atom. The number of rotatable bonds is 2. The van der Waals surface area contributed by atoms with E-state index in [4.69, 9.17) is 29.5 Å². The Kier molecular flexibility index (Phi) is 6.33. The second-order valence-electron chi connectivity index (χ2n) is 3.69. The Hall–Kier alpha value is -0.950. The third-order valence-electron chi connectivity index (χ3n) is 2.40. The third-order valence-corrected chi connectivity index (χ3v) is 2.40. The summed E-state index contributed by atoms with van der Waals surface area (Å²) in [5.41, 5.74) is 0. The van der Waals surface area contributed by atoms with Crippen LogP contribution in [-0.2, 0) is 14.2 Å². The first-order chi connectivity index (χ1) is 7.63. The van der Waals surface area contributed by atoms with Gasteiger partial charge in [0.1, 0.15) is 0 Å². The van der Waals surface area contributed by atoms with Crippen molar-refractivity contribution >= 4 is 19.8 Å². The van der Waals surface area contributed by atoms with Crippen LogP contribution in [0.25, 0.3) is 0 Å². The highest BCUT2D eigenvalue weighted by molar-refractivity contribution is 7.45. The SMILES string of the molecule is O=C(O)C1CCCCC1C(=O)O.O=P(O)(O)O. The number of hydrogen-bond acceptors (Lipinski definition) is 3. The van der Waals surface area contributed by atoms with Crippen LogP contribution in [0.2, 0.25) is 0 Å². The van der Waals surface area contributed by atoms with Crippen molar-refractivity contribution in [1.29, 1.82) is 0 Å². The fraction of sp³-hybridized carbons (Fsp3) is 0.750. The van der Waals surface area contributed by atoms with Crippen LogP contribution < -0.4 is 0 Å². The first-order valence-electron chi connectivity index (χ1n) is 4.87. The molecule has 17 heavy (non-hydrogen) atoms. The minimum atomic E-state index is -4.64. The van der Waals surface area contributed by atoms with Crippen molar-refractivity contribution in [2.45, 2.75) is 25.7 Å². The molecule has 1 fully saturated rings. The van der Waals surface area contributed by atoms with Gasteiger partial charge in [0.2, 0.25) is 0 Å². The summed E-state index contributed by atoms with van der Waals surface area (Å²) in [4.78, 5) is 42.8. The van der Waals surface area contributed by atoms with Gasteiger partial charge in [0, 0.05) is 0 Å². The van der Waals surface area contributed by atoms with Gasteiger partial charge in [-0.25, -0.2) is 4.57 Å². The summed E-state index contributed by atoms with van der Waals surface area (Å²) in [6, 6.07) is 0. The largest absolute Gasteiger partial charge is 0.481 e. The molecule has 0 amide bonds. The van der Waals surface area contributed by atoms with Gasteiger partial charge in [-0.3, -0.25) is 9.59 Å². The van der Waals surface area contributed by atoms with E-state index in [1.807, 2.05) is 0 Å². The Bertz CT molecular complexity index is 291. The summed E-state index contributed by atoms with van der Waals surface area (Å²) >= 11 is 0. The Morgan fingerprint density at radius 2 is 1.12 bits per heavy atom. The summed E-state index contributed by atoms with van der Waals surface area (Å²) in [7, 11) is -4.64. The first kappa shape index (κ1) is 16.1. The molecule has 2 unspecified atom stereocenters. The van der Waals surface area contributed by atoms with Crippen molar-refractivity contribution in [3.63, 3.8) is 0 Å². The van der Waals surface area contributed by atoms with Crippen molar-refractivity contribution in [3.8, 4) is 0 Å². The van der Waals surface area contributed by atoms with Crippen molar-refractivity contribution in [3.05, 3.63) is 0 Å². The fourth-order valence-corrected chi connectivity index (χ4v) is 1.72. The zero-order chi connectivity index (χ0) is 13.6. The van der Waals surface area contributed by atoms with Crippen LogP contribution in [0, 0.1) is 11.8 Å². The van der Waals surface area contributed by atoms with Gasteiger partial charge in [-0.15, -0.1) is 0 Å². The fourth-order valence-electron chi connectivity index (χ4n) is 1.72. The van der Waals surface area contributed by atoms with Gasteiger partial charge in [0.05, 0.1) is 11.8 Å². The molecule has 9 heteroatoms. The average Bonchev–Trinajstić information content (AvgIpc) is 2.15. The van der Waals surface area contributed by atoms with Gasteiger partial charge < -0.3 is 24.9 Å². The molecule has 100 valence electrons. The van der Waals surface area contributed by atoms with E-state index in [-0.39, 0.29) is 0 Å². The Labute approximate surface area is 97.1 Å². The maximum absolute atomic E-state index is 10.6. The van der Waals surface area contributed by atoms with Crippen LogP contribution in [0.15, 0.2) is 0 Å². The monoisotopic (exact) mass is 270 g/mol. The molecule has 0 aromatic carbocycles. The summed E-state index contributed by atoms with van der Waals surface area (Å²) < 4.78 is 8.88. The van der Waals surface area contributed by atoms with Gasteiger partial charge in [-0.05, 0) is 12.8 Å². The molecule has 0 heterocycles. The highest BCUT2D eigenvalue weighted by Gasteiger charge is 2.35. The van der Waals surface area contributed by atoms with Crippen LogP contribution in [0.3, 0.4) is 0 Å². The maximum atomic E-state index is 10.6. The quantitative estimate of drug-likeness (QED) is 0.440. The molecule has 1 rings (SSSR count).